The first-order valence-electron chi connectivity index (χ1n) is 6.05. The zero-order valence-electron chi connectivity index (χ0n) is 11.1. The number of halogens is 1. The molecule has 1 aromatic carbocycles. The number of rotatable bonds is 4. The zero-order valence-corrected chi connectivity index (χ0v) is 12.7. The van der Waals surface area contributed by atoms with Gasteiger partial charge in [0, 0.05) is 30.5 Å². The van der Waals surface area contributed by atoms with Crippen molar-refractivity contribution in [3.63, 3.8) is 0 Å². The average Bonchev–Trinajstić information content (AvgIpc) is 2.46. The smallest absolute Gasteiger partial charge is 0.241 e. The van der Waals surface area contributed by atoms with Gasteiger partial charge in [0.1, 0.15) is 5.82 Å². The minimum absolute atomic E-state index is 0.141. The van der Waals surface area contributed by atoms with Crippen LogP contribution in [0.15, 0.2) is 41.4 Å². The Hall–Kier alpha value is -1.66. The summed E-state index contributed by atoms with van der Waals surface area (Å²) in [7, 11) is -3.84. The Morgan fingerprint density at radius 1 is 1.25 bits per heavy atom. The van der Waals surface area contributed by atoms with E-state index in [2.05, 4.69) is 9.97 Å². The Balaban J connectivity index is 2.46. The van der Waals surface area contributed by atoms with Crippen molar-refractivity contribution in [2.45, 2.75) is 25.2 Å². The molecule has 0 spiro atoms. The van der Waals surface area contributed by atoms with Crippen molar-refractivity contribution < 1.29 is 8.42 Å². The van der Waals surface area contributed by atoms with Crippen LogP contribution in [0.3, 0.4) is 0 Å². The fraction of sp³-hybridized carbons (Fsp3) is 0.231. The van der Waals surface area contributed by atoms with Gasteiger partial charge in [0.25, 0.3) is 10.0 Å². The maximum atomic E-state index is 12.5. The first-order chi connectivity index (χ1) is 9.46. The number of hydrogen-bond acceptors (Lipinski definition) is 4. The molecule has 0 fully saturated rings. The molecule has 0 bridgehead atoms. The molecule has 20 heavy (non-hydrogen) atoms. The third-order valence-electron chi connectivity index (χ3n) is 2.77. The highest BCUT2D eigenvalue weighted by Gasteiger charge is 2.26. The molecule has 1 heterocycles. The number of sulfonamides is 1. The highest BCUT2D eigenvalue weighted by atomic mass is 35.5. The SMILES string of the molecule is CCc1nccc(N(Cl)S(=O)(=O)c2ccccc2C)n1. The molecule has 0 saturated heterocycles. The van der Waals surface area contributed by atoms with E-state index in [4.69, 9.17) is 11.8 Å². The van der Waals surface area contributed by atoms with E-state index in [1.54, 1.807) is 25.1 Å². The van der Waals surface area contributed by atoms with Crippen molar-refractivity contribution in [2.24, 2.45) is 0 Å². The van der Waals surface area contributed by atoms with Crippen molar-refractivity contribution in [3.05, 3.63) is 47.9 Å². The largest absolute Gasteiger partial charge is 0.279 e. The van der Waals surface area contributed by atoms with Gasteiger partial charge in [-0.3, -0.25) is 0 Å². The lowest BCUT2D eigenvalue weighted by Crippen LogP contribution is -2.23. The summed E-state index contributed by atoms with van der Waals surface area (Å²) in [6.45, 7) is 3.60. The molecule has 7 heteroatoms. The van der Waals surface area contributed by atoms with Crippen LogP contribution in [0.5, 0.6) is 0 Å². The minimum atomic E-state index is -3.84. The first kappa shape index (κ1) is 14.7. The van der Waals surface area contributed by atoms with E-state index >= 15 is 0 Å². The Morgan fingerprint density at radius 2 is 1.95 bits per heavy atom. The summed E-state index contributed by atoms with van der Waals surface area (Å²) in [4.78, 5) is 8.30. The molecule has 106 valence electrons. The summed E-state index contributed by atoms with van der Waals surface area (Å²) in [5.41, 5.74) is 0.628. The highest BCUT2D eigenvalue weighted by molar-refractivity contribution is 7.94. The molecule has 0 aliphatic rings. The van der Waals surface area contributed by atoms with Gasteiger partial charge < -0.3 is 0 Å². The van der Waals surface area contributed by atoms with Gasteiger partial charge in [0.05, 0.1) is 4.90 Å². The van der Waals surface area contributed by atoms with Gasteiger partial charge in [-0.05, 0) is 18.6 Å². The van der Waals surface area contributed by atoms with Crippen LogP contribution in [-0.4, -0.2) is 18.4 Å². The maximum absolute atomic E-state index is 12.5. The van der Waals surface area contributed by atoms with E-state index < -0.39 is 10.0 Å². The molecule has 0 atom stereocenters. The summed E-state index contributed by atoms with van der Waals surface area (Å²) in [6, 6.07) is 8.12. The average molecular weight is 312 g/mol. The fourth-order valence-electron chi connectivity index (χ4n) is 1.71. The van der Waals surface area contributed by atoms with Crippen molar-refractivity contribution in [2.75, 3.05) is 3.82 Å². The number of anilines is 1. The number of aromatic nitrogens is 2. The van der Waals surface area contributed by atoms with Crippen LogP contribution < -0.4 is 3.82 Å². The van der Waals surface area contributed by atoms with Gasteiger partial charge >= 0.3 is 0 Å². The second-order valence-corrected chi connectivity index (χ2v) is 6.46. The lowest BCUT2D eigenvalue weighted by Gasteiger charge is -2.16. The van der Waals surface area contributed by atoms with Crippen molar-refractivity contribution in [1.29, 1.82) is 0 Å². The second-order valence-electron chi connectivity index (χ2n) is 4.17. The van der Waals surface area contributed by atoms with E-state index in [9.17, 15) is 8.42 Å². The van der Waals surface area contributed by atoms with Crippen LogP contribution >= 0.6 is 11.8 Å². The Bertz CT molecular complexity index is 719. The lowest BCUT2D eigenvalue weighted by molar-refractivity contribution is 0.597. The number of benzene rings is 1. The van der Waals surface area contributed by atoms with E-state index in [1.807, 2.05) is 6.92 Å². The molecule has 2 rings (SSSR count). The van der Waals surface area contributed by atoms with Gasteiger partial charge in [0.2, 0.25) is 0 Å². The molecule has 0 radical (unpaired) electrons. The first-order valence-corrected chi connectivity index (χ1v) is 7.83. The van der Waals surface area contributed by atoms with Crippen LogP contribution in [0.25, 0.3) is 0 Å². The predicted molar refractivity (Wildman–Crippen MR) is 78.1 cm³/mol. The van der Waals surface area contributed by atoms with Crippen LogP contribution in [0.4, 0.5) is 5.82 Å². The third kappa shape index (κ3) is 2.76. The van der Waals surface area contributed by atoms with E-state index in [-0.39, 0.29) is 10.7 Å². The summed E-state index contributed by atoms with van der Waals surface area (Å²) in [5, 5.41) is 0. The van der Waals surface area contributed by atoms with E-state index in [0.717, 1.165) is 0 Å². The lowest BCUT2D eigenvalue weighted by atomic mass is 10.2. The molecular formula is C13H14ClN3O2S. The summed E-state index contributed by atoms with van der Waals surface area (Å²) >= 11 is 5.99. The summed E-state index contributed by atoms with van der Waals surface area (Å²) in [6.07, 6.45) is 2.09. The van der Waals surface area contributed by atoms with Gasteiger partial charge in [-0.1, -0.05) is 25.1 Å². The van der Waals surface area contributed by atoms with Crippen molar-refractivity contribution in [3.8, 4) is 0 Å². The molecule has 5 nitrogen and oxygen atoms in total. The van der Waals surface area contributed by atoms with E-state index in [0.29, 0.717) is 21.6 Å². The molecule has 0 saturated carbocycles. The van der Waals surface area contributed by atoms with E-state index in [1.165, 1.54) is 18.3 Å². The Kier molecular flexibility index (Phi) is 4.25. The van der Waals surface area contributed by atoms with Gasteiger partial charge in [-0.2, -0.15) is 12.2 Å². The standard InChI is InChI=1S/C13H14ClN3O2S/c1-3-12-15-9-8-13(16-12)17(14)20(18,19)11-7-5-4-6-10(11)2/h4-9H,3H2,1-2H3. The number of hydrogen-bond donors (Lipinski definition) is 0. The zero-order chi connectivity index (χ0) is 14.8. The molecule has 0 unspecified atom stereocenters. The van der Waals surface area contributed by atoms with Crippen LogP contribution in [0.2, 0.25) is 0 Å². The molecule has 0 N–H and O–H groups in total. The molecule has 0 aliphatic heterocycles. The maximum Gasteiger partial charge on any atom is 0.279 e. The Morgan fingerprint density at radius 3 is 2.60 bits per heavy atom. The monoisotopic (exact) mass is 311 g/mol. The number of aryl methyl sites for hydroxylation is 2. The van der Waals surface area contributed by atoms with Crippen molar-refractivity contribution >= 4 is 27.6 Å². The van der Waals surface area contributed by atoms with Gasteiger partial charge in [0.15, 0.2) is 5.82 Å². The molecule has 0 amide bonds. The van der Waals surface area contributed by atoms with Crippen LogP contribution in [0, 0.1) is 6.92 Å². The molecule has 1 aromatic heterocycles. The van der Waals surface area contributed by atoms with Gasteiger partial charge in [-0.25, -0.2) is 9.97 Å². The third-order valence-corrected chi connectivity index (χ3v) is 5.11. The van der Waals surface area contributed by atoms with Gasteiger partial charge in [-0.15, -0.1) is 0 Å². The minimum Gasteiger partial charge on any atom is -0.241 e. The topological polar surface area (TPSA) is 63.2 Å². The Labute approximate surface area is 123 Å². The molecule has 2 aromatic rings. The normalized spacial score (nSPS) is 11.3. The van der Waals surface area contributed by atoms with Crippen LogP contribution in [0.1, 0.15) is 18.3 Å². The number of nitrogens with zero attached hydrogens (tertiary/aromatic N) is 3. The van der Waals surface area contributed by atoms with Crippen molar-refractivity contribution in [1.82, 2.24) is 9.97 Å². The molecular weight excluding hydrogens is 298 g/mol. The summed E-state index contributed by atoms with van der Waals surface area (Å²) in [5.74, 6) is 0.676. The fourth-order valence-corrected chi connectivity index (χ4v) is 3.28. The quantitative estimate of drug-likeness (QED) is 0.814. The predicted octanol–water partition coefficient (Wildman–Crippen LogP) is 2.70. The highest BCUT2D eigenvalue weighted by Crippen LogP contribution is 2.25. The van der Waals surface area contributed by atoms with Crippen LogP contribution in [-0.2, 0) is 16.4 Å². The second kappa shape index (κ2) is 5.76. The summed E-state index contributed by atoms with van der Waals surface area (Å²) < 4.78 is 25.6. The molecule has 0 aliphatic carbocycles.